The number of carbonyl (C=O) groups is 1. The number of nitrogens with one attached hydrogen (secondary N) is 1. The van der Waals surface area contributed by atoms with Gasteiger partial charge in [-0.3, -0.25) is 4.98 Å². The van der Waals surface area contributed by atoms with E-state index >= 15 is 0 Å². The second-order valence-corrected chi connectivity index (χ2v) is 7.71. The fraction of sp³-hybridized carbons (Fsp3) is 0.684. The number of piperidine rings is 1. The van der Waals surface area contributed by atoms with Gasteiger partial charge in [0.05, 0.1) is 0 Å². The number of ether oxygens (including phenoxy) is 1. The molecular weight excluding hydrogens is 302 g/mol. The van der Waals surface area contributed by atoms with E-state index in [1.54, 1.807) is 0 Å². The van der Waals surface area contributed by atoms with Crippen molar-refractivity contribution in [3.63, 3.8) is 0 Å². The first kappa shape index (κ1) is 18.7. The van der Waals surface area contributed by atoms with Crippen molar-refractivity contribution in [2.75, 3.05) is 19.6 Å². The van der Waals surface area contributed by atoms with Crippen molar-refractivity contribution in [2.24, 2.45) is 5.92 Å². The van der Waals surface area contributed by atoms with Crippen LogP contribution in [-0.2, 0) is 11.2 Å². The van der Waals surface area contributed by atoms with Crippen LogP contribution in [0.15, 0.2) is 24.4 Å². The second-order valence-electron chi connectivity index (χ2n) is 7.71. The third-order valence-corrected chi connectivity index (χ3v) is 4.40. The number of amides is 1. The van der Waals surface area contributed by atoms with Gasteiger partial charge in [0.2, 0.25) is 0 Å². The Labute approximate surface area is 145 Å². The summed E-state index contributed by atoms with van der Waals surface area (Å²) in [6.45, 7) is 10.9. The normalized spacial score (nSPS) is 20.4. The van der Waals surface area contributed by atoms with E-state index in [9.17, 15) is 4.79 Å². The van der Waals surface area contributed by atoms with Crippen molar-refractivity contribution in [3.8, 4) is 0 Å². The fourth-order valence-corrected chi connectivity index (χ4v) is 3.13. The monoisotopic (exact) mass is 333 g/mol. The zero-order chi connectivity index (χ0) is 17.6. The molecule has 0 aromatic carbocycles. The Hall–Kier alpha value is -1.62. The topological polar surface area (TPSA) is 54.5 Å². The average molecular weight is 333 g/mol. The number of rotatable bonds is 5. The van der Waals surface area contributed by atoms with Gasteiger partial charge in [-0.1, -0.05) is 6.07 Å². The van der Waals surface area contributed by atoms with E-state index in [1.807, 2.05) is 39.1 Å². The molecule has 0 spiro atoms. The quantitative estimate of drug-likeness (QED) is 0.899. The van der Waals surface area contributed by atoms with Gasteiger partial charge in [-0.05, 0) is 65.1 Å². The number of nitrogens with zero attached hydrogens (tertiary/aromatic N) is 2. The van der Waals surface area contributed by atoms with Crippen LogP contribution in [0.25, 0.3) is 0 Å². The molecule has 24 heavy (non-hydrogen) atoms. The molecule has 134 valence electrons. The molecule has 5 heteroatoms. The number of hydrogen-bond donors (Lipinski definition) is 1. The van der Waals surface area contributed by atoms with Crippen LogP contribution < -0.4 is 5.32 Å². The summed E-state index contributed by atoms with van der Waals surface area (Å²) in [5.74, 6) is 0.468. The van der Waals surface area contributed by atoms with Gasteiger partial charge in [-0.15, -0.1) is 0 Å². The summed E-state index contributed by atoms with van der Waals surface area (Å²) in [6.07, 6.45) is 4.83. The van der Waals surface area contributed by atoms with Crippen molar-refractivity contribution in [2.45, 2.75) is 58.6 Å². The Kier molecular flexibility index (Phi) is 6.60. The van der Waals surface area contributed by atoms with Gasteiger partial charge in [0, 0.05) is 37.4 Å². The highest BCUT2D eigenvalue weighted by Crippen LogP contribution is 2.20. The standard InChI is InChI=1S/C19H31N3O2/c1-15(21-18(23)24-19(2,3)4)16-8-7-12-22(14-16)13-10-17-9-5-6-11-20-17/h5-6,9,11,15-16H,7-8,10,12-14H2,1-4H3,(H,21,23). The van der Waals surface area contributed by atoms with E-state index < -0.39 is 5.60 Å². The van der Waals surface area contributed by atoms with Crippen LogP contribution in [0.3, 0.4) is 0 Å². The maximum Gasteiger partial charge on any atom is 0.407 e. The predicted octanol–water partition coefficient (Wildman–Crippen LogP) is 3.25. The first-order valence-electron chi connectivity index (χ1n) is 8.95. The minimum Gasteiger partial charge on any atom is -0.444 e. The van der Waals surface area contributed by atoms with Crippen LogP contribution in [0.2, 0.25) is 0 Å². The molecule has 1 aromatic heterocycles. The smallest absolute Gasteiger partial charge is 0.407 e. The van der Waals surface area contributed by atoms with Crippen LogP contribution in [0, 0.1) is 5.92 Å². The zero-order valence-electron chi connectivity index (χ0n) is 15.4. The third-order valence-electron chi connectivity index (χ3n) is 4.40. The van der Waals surface area contributed by atoms with E-state index in [4.69, 9.17) is 4.74 Å². The number of pyridine rings is 1. The molecule has 1 aliphatic rings. The highest BCUT2D eigenvalue weighted by Gasteiger charge is 2.27. The molecule has 1 aliphatic heterocycles. The first-order valence-corrected chi connectivity index (χ1v) is 8.95. The van der Waals surface area contributed by atoms with Crippen LogP contribution in [0.5, 0.6) is 0 Å². The number of carbonyl (C=O) groups excluding carboxylic acids is 1. The fourth-order valence-electron chi connectivity index (χ4n) is 3.13. The molecule has 2 atom stereocenters. The van der Waals surface area contributed by atoms with Crippen molar-refractivity contribution >= 4 is 6.09 Å². The van der Waals surface area contributed by atoms with E-state index in [0.717, 1.165) is 38.2 Å². The molecule has 0 saturated carbocycles. The molecule has 2 rings (SSSR count). The molecule has 1 saturated heterocycles. The molecule has 2 unspecified atom stereocenters. The summed E-state index contributed by atoms with van der Waals surface area (Å²) >= 11 is 0. The van der Waals surface area contributed by atoms with Crippen molar-refractivity contribution in [1.29, 1.82) is 0 Å². The molecule has 5 nitrogen and oxygen atoms in total. The molecule has 1 fully saturated rings. The molecule has 2 heterocycles. The van der Waals surface area contributed by atoms with Crippen molar-refractivity contribution in [3.05, 3.63) is 30.1 Å². The van der Waals surface area contributed by atoms with Crippen molar-refractivity contribution in [1.82, 2.24) is 15.2 Å². The summed E-state index contributed by atoms with van der Waals surface area (Å²) in [5.41, 5.74) is 0.685. The van der Waals surface area contributed by atoms with Gasteiger partial charge in [-0.25, -0.2) is 4.79 Å². The lowest BCUT2D eigenvalue weighted by Crippen LogP contribution is -2.47. The maximum absolute atomic E-state index is 11.9. The van der Waals surface area contributed by atoms with Gasteiger partial charge in [-0.2, -0.15) is 0 Å². The van der Waals surface area contributed by atoms with Crippen LogP contribution in [-0.4, -0.2) is 47.3 Å². The van der Waals surface area contributed by atoms with E-state index in [1.165, 1.54) is 6.42 Å². The third kappa shape index (κ3) is 6.48. The molecule has 1 aromatic rings. The molecular formula is C19H31N3O2. The minimum atomic E-state index is -0.453. The average Bonchev–Trinajstić information content (AvgIpc) is 2.52. The lowest BCUT2D eigenvalue weighted by atomic mass is 9.91. The van der Waals surface area contributed by atoms with Crippen molar-refractivity contribution < 1.29 is 9.53 Å². The van der Waals surface area contributed by atoms with Gasteiger partial charge in [0.15, 0.2) is 0 Å². The van der Waals surface area contributed by atoms with E-state index in [0.29, 0.717) is 5.92 Å². The van der Waals surface area contributed by atoms with Crippen LogP contribution in [0.4, 0.5) is 4.79 Å². The Morgan fingerprint density at radius 2 is 2.25 bits per heavy atom. The van der Waals surface area contributed by atoms with Gasteiger partial charge in [0.25, 0.3) is 0 Å². The number of alkyl carbamates (subject to hydrolysis) is 1. The minimum absolute atomic E-state index is 0.123. The van der Waals surface area contributed by atoms with Gasteiger partial charge in [0.1, 0.15) is 5.60 Å². The van der Waals surface area contributed by atoms with Crippen LogP contribution >= 0.6 is 0 Å². The molecule has 0 aliphatic carbocycles. The summed E-state index contributed by atoms with van der Waals surface area (Å²) in [7, 11) is 0. The molecule has 1 amide bonds. The molecule has 0 bridgehead atoms. The highest BCUT2D eigenvalue weighted by molar-refractivity contribution is 5.68. The van der Waals surface area contributed by atoms with Gasteiger partial charge < -0.3 is 15.0 Å². The lowest BCUT2D eigenvalue weighted by Gasteiger charge is -2.36. The summed E-state index contributed by atoms with van der Waals surface area (Å²) in [5, 5.41) is 3.00. The maximum atomic E-state index is 11.9. The SMILES string of the molecule is CC(NC(=O)OC(C)(C)C)C1CCCN(CCc2ccccn2)C1. The molecule has 0 radical (unpaired) electrons. The molecule has 1 N–H and O–H groups in total. The number of hydrogen-bond acceptors (Lipinski definition) is 4. The van der Waals surface area contributed by atoms with E-state index in [2.05, 4.69) is 28.2 Å². The largest absolute Gasteiger partial charge is 0.444 e. The Morgan fingerprint density at radius 3 is 2.92 bits per heavy atom. The first-order chi connectivity index (χ1) is 11.3. The predicted molar refractivity (Wildman–Crippen MR) is 95.9 cm³/mol. The Balaban J connectivity index is 1.78. The van der Waals surface area contributed by atoms with Crippen LogP contribution in [0.1, 0.15) is 46.2 Å². The Morgan fingerprint density at radius 1 is 1.46 bits per heavy atom. The number of aromatic nitrogens is 1. The lowest BCUT2D eigenvalue weighted by molar-refractivity contribution is 0.0468. The highest BCUT2D eigenvalue weighted by atomic mass is 16.6. The summed E-state index contributed by atoms with van der Waals surface area (Å²) < 4.78 is 5.36. The number of likely N-dealkylation sites (tertiary alicyclic amines) is 1. The van der Waals surface area contributed by atoms with E-state index in [-0.39, 0.29) is 12.1 Å². The zero-order valence-corrected chi connectivity index (χ0v) is 15.4. The summed E-state index contributed by atoms with van der Waals surface area (Å²) in [4.78, 5) is 18.8. The second kappa shape index (κ2) is 8.47. The summed E-state index contributed by atoms with van der Waals surface area (Å²) in [6, 6.07) is 6.18. The Bertz CT molecular complexity index is 513. The van der Waals surface area contributed by atoms with Gasteiger partial charge >= 0.3 is 6.09 Å².